The molecule has 2 heteroatoms. The molecule has 24 heavy (non-hydrogen) atoms. The van der Waals surface area contributed by atoms with E-state index in [9.17, 15) is 0 Å². The lowest BCUT2D eigenvalue weighted by Gasteiger charge is -2.14. The third kappa shape index (κ3) is 14.3. The van der Waals surface area contributed by atoms with E-state index in [0.717, 1.165) is 19.7 Å². The van der Waals surface area contributed by atoms with Gasteiger partial charge in [0, 0.05) is 13.1 Å². The topological polar surface area (TPSA) is 12.5 Å². The number of unbranched alkanes of at least 4 members (excludes halogenated alkanes) is 15. The molecular weight excluding hydrogens is 294 g/mol. The highest BCUT2D eigenvalue weighted by Gasteiger charge is 2.10. The Morgan fingerprint density at radius 3 is 1.33 bits per heavy atom. The third-order valence-electron chi connectivity index (χ3n) is 5.34. The molecular formula is C22H45NO. The van der Waals surface area contributed by atoms with Crippen molar-refractivity contribution in [2.75, 3.05) is 19.7 Å². The third-order valence-corrected chi connectivity index (χ3v) is 5.34. The molecule has 2 nitrogen and oxygen atoms in total. The van der Waals surface area contributed by atoms with Crippen molar-refractivity contribution < 1.29 is 4.84 Å². The van der Waals surface area contributed by atoms with E-state index in [1.807, 2.05) is 0 Å². The molecule has 144 valence electrons. The van der Waals surface area contributed by atoms with Crippen LogP contribution in [0.4, 0.5) is 0 Å². The minimum Gasteiger partial charge on any atom is -0.299 e. The van der Waals surface area contributed by atoms with Crippen LogP contribution >= 0.6 is 0 Å². The maximum Gasteiger partial charge on any atom is 0.0685 e. The van der Waals surface area contributed by atoms with E-state index in [-0.39, 0.29) is 0 Å². The molecule has 0 N–H and O–H groups in total. The fourth-order valence-corrected chi connectivity index (χ4v) is 3.66. The van der Waals surface area contributed by atoms with Gasteiger partial charge in [-0.1, -0.05) is 103 Å². The molecule has 0 atom stereocenters. The van der Waals surface area contributed by atoms with Crippen molar-refractivity contribution in [1.82, 2.24) is 5.06 Å². The zero-order chi connectivity index (χ0) is 17.1. The summed E-state index contributed by atoms with van der Waals surface area (Å²) in [6, 6.07) is 0. The van der Waals surface area contributed by atoms with Crippen LogP contribution in [0.15, 0.2) is 0 Å². The van der Waals surface area contributed by atoms with Gasteiger partial charge in [0.25, 0.3) is 0 Å². The van der Waals surface area contributed by atoms with Gasteiger partial charge in [0.05, 0.1) is 6.61 Å². The summed E-state index contributed by atoms with van der Waals surface area (Å²) < 4.78 is 0. The summed E-state index contributed by atoms with van der Waals surface area (Å²) in [4.78, 5) is 5.76. The number of hydrogen-bond acceptors (Lipinski definition) is 2. The molecule has 0 aromatic heterocycles. The highest BCUT2D eigenvalue weighted by molar-refractivity contribution is 4.57. The Kier molecular flexibility index (Phi) is 16.2. The molecule has 0 aromatic rings. The van der Waals surface area contributed by atoms with Gasteiger partial charge in [0.2, 0.25) is 0 Å². The van der Waals surface area contributed by atoms with Gasteiger partial charge >= 0.3 is 0 Å². The van der Waals surface area contributed by atoms with Crippen LogP contribution in [0.2, 0.25) is 0 Å². The van der Waals surface area contributed by atoms with Crippen LogP contribution in [0.25, 0.3) is 0 Å². The summed E-state index contributed by atoms with van der Waals surface area (Å²) >= 11 is 0. The smallest absolute Gasteiger partial charge is 0.0685 e. The monoisotopic (exact) mass is 339 g/mol. The number of hydrogen-bond donors (Lipinski definition) is 0. The summed E-state index contributed by atoms with van der Waals surface area (Å²) in [7, 11) is 0. The number of nitrogens with zero attached hydrogens (tertiary/aromatic N) is 1. The molecule has 0 bridgehead atoms. The van der Waals surface area contributed by atoms with Gasteiger partial charge in [0.15, 0.2) is 0 Å². The lowest BCUT2D eigenvalue weighted by molar-refractivity contribution is -0.143. The first-order chi connectivity index (χ1) is 11.9. The number of hydroxylamine groups is 2. The molecule has 1 rings (SSSR count). The van der Waals surface area contributed by atoms with Crippen LogP contribution in [0.5, 0.6) is 0 Å². The number of rotatable bonds is 18. The molecule has 1 aliphatic heterocycles. The quantitative estimate of drug-likeness (QED) is 0.243. The van der Waals surface area contributed by atoms with Crippen LogP contribution in [0, 0.1) is 0 Å². The van der Waals surface area contributed by atoms with Gasteiger partial charge in [-0.25, -0.2) is 0 Å². The Morgan fingerprint density at radius 1 is 0.542 bits per heavy atom. The average Bonchev–Trinajstić information content (AvgIpc) is 3.11. The second kappa shape index (κ2) is 17.7. The summed E-state index contributed by atoms with van der Waals surface area (Å²) in [5.74, 6) is 0. The van der Waals surface area contributed by atoms with E-state index < -0.39 is 0 Å². The van der Waals surface area contributed by atoms with Crippen LogP contribution < -0.4 is 0 Å². The van der Waals surface area contributed by atoms with Crippen molar-refractivity contribution in [1.29, 1.82) is 0 Å². The molecule has 0 saturated carbocycles. The normalized spacial score (nSPS) is 15.4. The predicted molar refractivity (Wildman–Crippen MR) is 106 cm³/mol. The Balaban J connectivity index is 1.63. The van der Waals surface area contributed by atoms with Crippen molar-refractivity contribution in [2.45, 2.75) is 122 Å². The Labute approximate surface area is 152 Å². The summed E-state index contributed by atoms with van der Waals surface area (Å²) in [6.07, 6.45) is 25.5. The van der Waals surface area contributed by atoms with Crippen LogP contribution in [-0.2, 0) is 4.84 Å². The molecule has 1 aliphatic rings. The van der Waals surface area contributed by atoms with Crippen molar-refractivity contribution in [3.8, 4) is 0 Å². The van der Waals surface area contributed by atoms with E-state index in [0.29, 0.717) is 0 Å². The zero-order valence-corrected chi connectivity index (χ0v) is 16.7. The van der Waals surface area contributed by atoms with Crippen molar-refractivity contribution in [3.63, 3.8) is 0 Å². The SMILES string of the molecule is CCCCCCCCCCCCCCCCCCON1CCCC1. The molecule has 0 radical (unpaired) electrons. The summed E-state index contributed by atoms with van der Waals surface area (Å²) in [5, 5.41) is 2.16. The lowest BCUT2D eigenvalue weighted by Crippen LogP contribution is -2.20. The maximum absolute atomic E-state index is 5.76. The van der Waals surface area contributed by atoms with Crippen LogP contribution in [-0.4, -0.2) is 24.8 Å². The first-order valence-corrected chi connectivity index (χ1v) is 11.3. The largest absolute Gasteiger partial charge is 0.299 e. The van der Waals surface area contributed by atoms with Gasteiger partial charge < -0.3 is 0 Å². The van der Waals surface area contributed by atoms with E-state index in [1.54, 1.807) is 0 Å². The molecule has 1 fully saturated rings. The zero-order valence-electron chi connectivity index (χ0n) is 16.7. The van der Waals surface area contributed by atoms with Crippen molar-refractivity contribution in [2.24, 2.45) is 0 Å². The van der Waals surface area contributed by atoms with Gasteiger partial charge in [0.1, 0.15) is 0 Å². The Morgan fingerprint density at radius 2 is 0.917 bits per heavy atom. The maximum atomic E-state index is 5.76. The molecule has 0 aromatic carbocycles. The molecule has 0 aliphatic carbocycles. The van der Waals surface area contributed by atoms with E-state index in [4.69, 9.17) is 4.84 Å². The molecule has 1 heterocycles. The van der Waals surface area contributed by atoms with E-state index in [1.165, 1.54) is 116 Å². The van der Waals surface area contributed by atoms with E-state index in [2.05, 4.69) is 12.0 Å². The molecule has 0 unspecified atom stereocenters. The van der Waals surface area contributed by atoms with Gasteiger partial charge in [-0.3, -0.25) is 4.84 Å². The highest BCUT2D eigenvalue weighted by Crippen LogP contribution is 2.14. The Hall–Kier alpha value is -0.0800. The van der Waals surface area contributed by atoms with Gasteiger partial charge in [-0.15, -0.1) is 0 Å². The highest BCUT2D eigenvalue weighted by atomic mass is 16.7. The summed E-state index contributed by atoms with van der Waals surface area (Å²) in [6.45, 7) is 5.54. The van der Waals surface area contributed by atoms with Crippen LogP contribution in [0.3, 0.4) is 0 Å². The second-order valence-corrected chi connectivity index (χ2v) is 7.77. The average molecular weight is 340 g/mol. The van der Waals surface area contributed by atoms with Gasteiger partial charge in [-0.2, -0.15) is 5.06 Å². The Bertz CT molecular complexity index is 238. The van der Waals surface area contributed by atoms with E-state index >= 15 is 0 Å². The first-order valence-electron chi connectivity index (χ1n) is 11.3. The lowest BCUT2D eigenvalue weighted by atomic mass is 10.0. The first kappa shape index (κ1) is 22.0. The van der Waals surface area contributed by atoms with Crippen molar-refractivity contribution in [3.05, 3.63) is 0 Å². The second-order valence-electron chi connectivity index (χ2n) is 7.77. The fraction of sp³-hybridized carbons (Fsp3) is 1.00. The molecule has 1 saturated heterocycles. The standard InChI is InChI=1S/C22H45NO/c1-2-3-4-5-6-7-8-9-10-11-12-13-14-15-16-19-22-24-23-20-17-18-21-23/h2-22H2,1H3. The fourth-order valence-electron chi connectivity index (χ4n) is 3.66. The minimum absolute atomic E-state index is 0.943. The van der Waals surface area contributed by atoms with Crippen molar-refractivity contribution >= 4 is 0 Å². The van der Waals surface area contributed by atoms with Crippen LogP contribution in [0.1, 0.15) is 122 Å². The minimum atomic E-state index is 0.943. The molecule has 0 amide bonds. The predicted octanol–water partition coefficient (Wildman–Crippen LogP) is 7.28. The summed E-state index contributed by atoms with van der Waals surface area (Å²) in [5.41, 5.74) is 0. The van der Waals surface area contributed by atoms with Gasteiger partial charge in [-0.05, 0) is 19.3 Å². The molecule has 0 spiro atoms.